The number of nitrogens with one attached hydrogen (secondary N) is 1. The molecule has 0 saturated carbocycles. The molecule has 2 nitrogen and oxygen atoms in total. The molecule has 0 aliphatic rings. The number of pyridine rings is 1. The largest absolute Gasteiger partial charge is 0.255 e. The van der Waals surface area contributed by atoms with Gasteiger partial charge in [-0.25, -0.2) is 4.98 Å². The molecule has 0 fully saturated rings. The van der Waals surface area contributed by atoms with Gasteiger partial charge in [-0.2, -0.15) is 0 Å². The molecule has 1 N–H and O–H groups in total. The van der Waals surface area contributed by atoms with Gasteiger partial charge < -0.3 is 0 Å². The van der Waals surface area contributed by atoms with Crippen molar-refractivity contribution in [1.29, 1.82) is 0 Å². The van der Waals surface area contributed by atoms with E-state index in [0.29, 0.717) is 0 Å². The average molecular weight is 186 g/mol. The van der Waals surface area contributed by atoms with Gasteiger partial charge in [0.15, 0.2) is 0 Å². The summed E-state index contributed by atoms with van der Waals surface area (Å²) < 4.78 is 3.14. The fraction of sp³-hybridized carbons (Fsp3) is 0.286. The summed E-state index contributed by atoms with van der Waals surface area (Å²) in [5, 5.41) is 1.04. The Morgan fingerprint density at radius 1 is 1.55 bits per heavy atom. The minimum Gasteiger partial charge on any atom is -0.255 e. The molecule has 0 saturated heterocycles. The SMILES string of the molecule is CCNSSc1ccccn1. The van der Waals surface area contributed by atoms with Gasteiger partial charge in [0.25, 0.3) is 0 Å². The normalized spacial score (nSPS) is 9.91. The van der Waals surface area contributed by atoms with Crippen LogP contribution >= 0.6 is 21.8 Å². The monoisotopic (exact) mass is 186 g/mol. The highest BCUT2D eigenvalue weighted by Gasteiger charge is 1.91. The molecular weight excluding hydrogens is 176 g/mol. The Bertz CT molecular complexity index is 191. The predicted molar refractivity (Wildman–Crippen MR) is 51.4 cm³/mol. The topological polar surface area (TPSA) is 24.9 Å². The average Bonchev–Trinajstić information content (AvgIpc) is 2.07. The predicted octanol–water partition coefficient (Wildman–Crippen LogP) is 2.35. The van der Waals surface area contributed by atoms with Crippen molar-refractivity contribution in [3.05, 3.63) is 24.4 Å². The van der Waals surface area contributed by atoms with E-state index < -0.39 is 0 Å². The first-order valence-corrected chi connectivity index (χ1v) is 5.56. The van der Waals surface area contributed by atoms with E-state index >= 15 is 0 Å². The first-order valence-electron chi connectivity index (χ1n) is 3.41. The molecule has 0 spiro atoms. The zero-order valence-corrected chi connectivity index (χ0v) is 7.91. The van der Waals surface area contributed by atoms with Gasteiger partial charge in [0.2, 0.25) is 0 Å². The van der Waals surface area contributed by atoms with Crippen LogP contribution in [0.5, 0.6) is 0 Å². The Morgan fingerprint density at radius 2 is 2.45 bits per heavy atom. The summed E-state index contributed by atoms with van der Waals surface area (Å²) in [5.41, 5.74) is 0. The van der Waals surface area contributed by atoms with Crippen molar-refractivity contribution in [2.24, 2.45) is 0 Å². The molecule has 0 atom stereocenters. The lowest BCUT2D eigenvalue weighted by atomic mass is 10.5. The highest BCUT2D eigenvalue weighted by atomic mass is 33.1. The zero-order chi connectivity index (χ0) is 7.94. The molecular formula is C7H10N2S2. The molecule has 0 amide bonds. The summed E-state index contributed by atoms with van der Waals surface area (Å²) >= 11 is 0. The van der Waals surface area contributed by atoms with Crippen LogP contribution in [0.1, 0.15) is 6.92 Å². The van der Waals surface area contributed by atoms with E-state index in [1.165, 1.54) is 0 Å². The quantitative estimate of drug-likeness (QED) is 0.443. The van der Waals surface area contributed by atoms with Crippen molar-refractivity contribution in [3.8, 4) is 0 Å². The fourth-order valence-corrected chi connectivity index (χ4v) is 2.11. The van der Waals surface area contributed by atoms with Crippen molar-refractivity contribution >= 4 is 21.8 Å². The number of hydrogen-bond acceptors (Lipinski definition) is 4. The van der Waals surface area contributed by atoms with Gasteiger partial charge in [-0.3, -0.25) is 4.72 Å². The van der Waals surface area contributed by atoms with Gasteiger partial charge in [0.05, 0.1) is 0 Å². The zero-order valence-electron chi connectivity index (χ0n) is 6.28. The summed E-state index contributed by atoms with van der Waals surface area (Å²) in [6, 6.07) is 5.90. The lowest BCUT2D eigenvalue weighted by Gasteiger charge is -1.97. The van der Waals surface area contributed by atoms with Crippen LogP contribution in [-0.2, 0) is 0 Å². The molecule has 0 radical (unpaired) electrons. The third-order valence-corrected chi connectivity index (χ3v) is 2.99. The Kier molecular flexibility index (Phi) is 4.42. The molecule has 0 bridgehead atoms. The van der Waals surface area contributed by atoms with E-state index in [1.54, 1.807) is 28.0 Å². The standard InChI is InChI=1S/C7H10N2S2/c1-2-9-11-10-7-5-3-4-6-8-7/h3-6,9H,2H2,1H3. The van der Waals surface area contributed by atoms with Crippen LogP contribution in [0.25, 0.3) is 0 Å². The third kappa shape index (κ3) is 3.65. The molecule has 1 aromatic rings. The highest BCUT2D eigenvalue weighted by Crippen LogP contribution is 2.25. The molecule has 0 aromatic carbocycles. The molecule has 1 rings (SSSR count). The smallest absolute Gasteiger partial charge is 0.108 e. The number of hydrogen-bond donors (Lipinski definition) is 1. The first-order chi connectivity index (χ1) is 5.43. The Morgan fingerprint density at radius 3 is 3.09 bits per heavy atom. The summed E-state index contributed by atoms with van der Waals surface area (Å²) in [7, 11) is 3.25. The second-order valence-electron chi connectivity index (χ2n) is 1.83. The second kappa shape index (κ2) is 5.46. The van der Waals surface area contributed by atoms with Gasteiger partial charge in [0.1, 0.15) is 5.03 Å². The van der Waals surface area contributed by atoms with E-state index in [-0.39, 0.29) is 0 Å². The van der Waals surface area contributed by atoms with Gasteiger partial charge in [0, 0.05) is 12.7 Å². The summed E-state index contributed by atoms with van der Waals surface area (Å²) in [6.07, 6.45) is 1.80. The van der Waals surface area contributed by atoms with Crippen molar-refractivity contribution in [2.45, 2.75) is 11.9 Å². The Hall–Kier alpha value is -0.190. The number of nitrogens with zero attached hydrogens (tertiary/aromatic N) is 1. The van der Waals surface area contributed by atoms with Crippen molar-refractivity contribution < 1.29 is 0 Å². The van der Waals surface area contributed by atoms with Crippen molar-refractivity contribution in [1.82, 2.24) is 9.71 Å². The van der Waals surface area contributed by atoms with E-state index in [9.17, 15) is 0 Å². The summed E-state index contributed by atoms with van der Waals surface area (Å²) in [5.74, 6) is 0. The fourth-order valence-electron chi connectivity index (χ4n) is 0.527. The second-order valence-corrected chi connectivity index (χ2v) is 3.87. The van der Waals surface area contributed by atoms with Gasteiger partial charge in [-0.15, -0.1) is 0 Å². The Labute approximate surface area is 74.7 Å². The van der Waals surface area contributed by atoms with Crippen LogP contribution in [0, 0.1) is 0 Å². The van der Waals surface area contributed by atoms with E-state index in [4.69, 9.17) is 0 Å². The van der Waals surface area contributed by atoms with Gasteiger partial charge >= 0.3 is 0 Å². The maximum absolute atomic E-state index is 4.15. The van der Waals surface area contributed by atoms with Crippen LogP contribution in [0.15, 0.2) is 29.4 Å². The maximum atomic E-state index is 4.15. The lowest BCUT2D eigenvalue weighted by Crippen LogP contribution is -1.97. The molecule has 60 valence electrons. The van der Waals surface area contributed by atoms with E-state index in [0.717, 1.165) is 11.6 Å². The van der Waals surface area contributed by atoms with Gasteiger partial charge in [-0.1, -0.05) is 13.0 Å². The third-order valence-electron chi connectivity index (χ3n) is 0.968. The van der Waals surface area contributed by atoms with Crippen LogP contribution in [0.4, 0.5) is 0 Å². The minimum atomic E-state index is 0.977. The van der Waals surface area contributed by atoms with Crippen LogP contribution in [0.2, 0.25) is 0 Å². The summed E-state index contributed by atoms with van der Waals surface area (Å²) in [6.45, 7) is 3.05. The molecule has 1 heterocycles. The minimum absolute atomic E-state index is 0.977. The molecule has 0 unspecified atom stereocenters. The van der Waals surface area contributed by atoms with Crippen LogP contribution < -0.4 is 4.72 Å². The molecule has 1 aromatic heterocycles. The molecule has 0 aliphatic carbocycles. The maximum Gasteiger partial charge on any atom is 0.108 e. The van der Waals surface area contributed by atoms with E-state index in [2.05, 4.69) is 16.6 Å². The van der Waals surface area contributed by atoms with Gasteiger partial charge in [-0.05, 0) is 33.9 Å². The summed E-state index contributed by atoms with van der Waals surface area (Å²) in [4.78, 5) is 4.15. The van der Waals surface area contributed by atoms with Crippen LogP contribution in [-0.4, -0.2) is 11.5 Å². The molecule has 0 aliphatic heterocycles. The molecule has 11 heavy (non-hydrogen) atoms. The first kappa shape index (κ1) is 8.90. The lowest BCUT2D eigenvalue weighted by molar-refractivity contribution is 1.04. The highest BCUT2D eigenvalue weighted by molar-refractivity contribution is 8.76. The van der Waals surface area contributed by atoms with E-state index in [1.807, 2.05) is 18.2 Å². The molecule has 4 heteroatoms. The van der Waals surface area contributed by atoms with Crippen molar-refractivity contribution in [3.63, 3.8) is 0 Å². The number of aromatic nitrogens is 1. The van der Waals surface area contributed by atoms with Crippen molar-refractivity contribution in [2.75, 3.05) is 6.54 Å². The number of rotatable bonds is 4. The van der Waals surface area contributed by atoms with Crippen LogP contribution in [0.3, 0.4) is 0 Å². The Balaban J connectivity index is 2.28.